The number of aromatic nitrogens is 3. The summed E-state index contributed by atoms with van der Waals surface area (Å²) in [5, 5.41) is 8.08. The van der Waals surface area contributed by atoms with Crippen molar-refractivity contribution in [2.45, 2.75) is 76.5 Å². The Morgan fingerprint density at radius 3 is 2.84 bits per heavy atom. The molecule has 3 N–H and O–H groups in total. The van der Waals surface area contributed by atoms with Gasteiger partial charge in [-0.25, -0.2) is 0 Å². The van der Waals surface area contributed by atoms with Crippen LogP contribution in [0.1, 0.15) is 62.4 Å². The van der Waals surface area contributed by atoms with E-state index in [1.54, 1.807) is 23.4 Å². The standard InChI is InChI=1S/C23H30N6O3/c1-2-13-4-3-5-15(8-13)26-23(32)18-10-14-9-17(14)29(18)20(30)12-28-19-11-25-7-6-16(19)21(27-28)22(24)31/h6-7,11,13-15,17-18H,2-5,8-10,12H2,1H3,(H2,24,31)(H,26,32)/t13-,14-,15?,17-,18+/m1/s1. The lowest BCUT2D eigenvalue weighted by atomic mass is 9.84. The molecule has 0 aromatic carbocycles. The van der Waals surface area contributed by atoms with Gasteiger partial charge >= 0.3 is 0 Å². The van der Waals surface area contributed by atoms with Crippen molar-refractivity contribution in [1.82, 2.24) is 25.0 Å². The van der Waals surface area contributed by atoms with E-state index in [-0.39, 0.29) is 36.1 Å². The summed E-state index contributed by atoms with van der Waals surface area (Å²) in [4.78, 5) is 44.1. The minimum atomic E-state index is -0.647. The fourth-order valence-corrected chi connectivity index (χ4v) is 5.67. The number of likely N-dealkylation sites (tertiary alicyclic amines) is 1. The van der Waals surface area contributed by atoms with E-state index in [1.165, 1.54) is 11.1 Å². The highest BCUT2D eigenvalue weighted by Gasteiger charge is 2.56. The molecule has 3 amide bonds. The SMILES string of the molecule is CC[C@@H]1CCCC(NC(=O)[C@@H]2C[C@H]3C[C@H]3N2C(=O)Cn2nc(C(N)=O)c3ccncc32)C1. The van der Waals surface area contributed by atoms with Crippen LogP contribution in [0.15, 0.2) is 18.5 Å². The molecule has 5 rings (SSSR count). The average Bonchev–Trinajstić information content (AvgIpc) is 3.29. The summed E-state index contributed by atoms with van der Waals surface area (Å²) in [6.45, 7) is 2.15. The Morgan fingerprint density at radius 2 is 2.06 bits per heavy atom. The zero-order valence-electron chi connectivity index (χ0n) is 18.4. The number of amides is 3. The molecule has 1 unspecified atom stereocenters. The summed E-state index contributed by atoms with van der Waals surface area (Å²) >= 11 is 0. The number of nitrogens with one attached hydrogen (secondary N) is 1. The van der Waals surface area contributed by atoms with Crippen LogP contribution in [-0.4, -0.2) is 55.5 Å². The fraction of sp³-hybridized carbons (Fsp3) is 0.609. The number of fused-ring (bicyclic) bond motifs is 2. The largest absolute Gasteiger partial charge is 0.364 e. The van der Waals surface area contributed by atoms with Crippen LogP contribution < -0.4 is 11.1 Å². The Balaban J connectivity index is 1.32. The highest BCUT2D eigenvalue weighted by molar-refractivity contribution is 6.04. The van der Waals surface area contributed by atoms with Gasteiger partial charge in [0.05, 0.1) is 11.7 Å². The van der Waals surface area contributed by atoms with Gasteiger partial charge in [0, 0.05) is 23.7 Å². The van der Waals surface area contributed by atoms with Crippen LogP contribution in [0.5, 0.6) is 0 Å². The van der Waals surface area contributed by atoms with E-state index >= 15 is 0 Å². The molecule has 9 nitrogen and oxygen atoms in total. The summed E-state index contributed by atoms with van der Waals surface area (Å²) in [5.41, 5.74) is 6.16. The molecule has 2 aromatic heterocycles. The lowest BCUT2D eigenvalue weighted by molar-refractivity contribution is -0.140. The van der Waals surface area contributed by atoms with E-state index < -0.39 is 11.9 Å². The van der Waals surface area contributed by atoms with Crippen LogP contribution in [0.4, 0.5) is 0 Å². The topological polar surface area (TPSA) is 123 Å². The van der Waals surface area contributed by atoms with Crippen molar-refractivity contribution in [3.8, 4) is 0 Å². The molecule has 3 heterocycles. The second kappa shape index (κ2) is 8.18. The number of pyridine rings is 1. The lowest BCUT2D eigenvalue weighted by Crippen LogP contribution is -2.51. The minimum Gasteiger partial charge on any atom is -0.364 e. The molecule has 1 saturated heterocycles. The molecule has 32 heavy (non-hydrogen) atoms. The van der Waals surface area contributed by atoms with Crippen LogP contribution in [0.2, 0.25) is 0 Å². The van der Waals surface area contributed by atoms with Crippen molar-refractivity contribution in [3.05, 3.63) is 24.2 Å². The van der Waals surface area contributed by atoms with Crippen LogP contribution in [0.25, 0.3) is 10.9 Å². The Labute approximate surface area is 186 Å². The van der Waals surface area contributed by atoms with Crippen LogP contribution in [-0.2, 0) is 16.1 Å². The summed E-state index contributed by atoms with van der Waals surface area (Å²) < 4.78 is 1.47. The van der Waals surface area contributed by atoms with E-state index in [0.29, 0.717) is 22.7 Å². The summed E-state index contributed by atoms with van der Waals surface area (Å²) in [5.74, 6) is 0.240. The van der Waals surface area contributed by atoms with Crippen LogP contribution >= 0.6 is 0 Å². The van der Waals surface area contributed by atoms with Crippen molar-refractivity contribution in [3.63, 3.8) is 0 Å². The maximum absolute atomic E-state index is 13.3. The zero-order valence-corrected chi connectivity index (χ0v) is 18.4. The molecule has 3 fully saturated rings. The second-order valence-electron chi connectivity index (χ2n) is 9.53. The average molecular weight is 439 g/mol. The van der Waals surface area contributed by atoms with Gasteiger partial charge < -0.3 is 16.0 Å². The molecule has 2 saturated carbocycles. The third-order valence-corrected chi connectivity index (χ3v) is 7.47. The first kappa shape index (κ1) is 20.9. The zero-order chi connectivity index (χ0) is 22.4. The maximum Gasteiger partial charge on any atom is 0.269 e. The summed E-state index contributed by atoms with van der Waals surface area (Å²) in [7, 11) is 0. The van der Waals surface area contributed by atoms with Crippen molar-refractivity contribution in [2.24, 2.45) is 17.6 Å². The van der Waals surface area contributed by atoms with Crippen molar-refractivity contribution in [2.75, 3.05) is 0 Å². The van der Waals surface area contributed by atoms with Gasteiger partial charge in [-0.15, -0.1) is 0 Å². The lowest BCUT2D eigenvalue weighted by Gasteiger charge is -2.32. The molecule has 0 bridgehead atoms. The third kappa shape index (κ3) is 3.73. The van der Waals surface area contributed by atoms with Gasteiger partial charge in [0.25, 0.3) is 5.91 Å². The molecule has 2 aliphatic carbocycles. The number of hydrogen-bond acceptors (Lipinski definition) is 5. The van der Waals surface area contributed by atoms with E-state index in [0.717, 1.165) is 38.5 Å². The molecule has 1 aliphatic heterocycles. The van der Waals surface area contributed by atoms with Crippen LogP contribution in [0, 0.1) is 11.8 Å². The first-order valence-electron chi connectivity index (χ1n) is 11.7. The fourth-order valence-electron chi connectivity index (χ4n) is 5.67. The second-order valence-corrected chi connectivity index (χ2v) is 9.53. The number of primary amides is 1. The highest BCUT2D eigenvalue weighted by Crippen LogP contribution is 2.48. The number of rotatable bonds is 6. The normalized spacial score (nSPS) is 29.0. The number of nitrogens with zero attached hydrogens (tertiary/aromatic N) is 4. The molecule has 2 aromatic rings. The maximum atomic E-state index is 13.3. The monoisotopic (exact) mass is 438 g/mol. The summed E-state index contributed by atoms with van der Waals surface area (Å²) in [6, 6.07) is 1.57. The predicted molar refractivity (Wildman–Crippen MR) is 117 cm³/mol. The molecule has 0 radical (unpaired) electrons. The van der Waals surface area contributed by atoms with Crippen molar-refractivity contribution in [1.29, 1.82) is 0 Å². The Hall–Kier alpha value is -2.97. The van der Waals surface area contributed by atoms with Crippen molar-refractivity contribution < 1.29 is 14.4 Å². The van der Waals surface area contributed by atoms with Gasteiger partial charge in [-0.1, -0.05) is 26.2 Å². The molecular formula is C23H30N6O3. The quantitative estimate of drug-likeness (QED) is 0.709. The molecule has 3 aliphatic rings. The smallest absolute Gasteiger partial charge is 0.269 e. The number of piperidine rings is 1. The Bertz CT molecular complexity index is 1070. The van der Waals surface area contributed by atoms with E-state index in [4.69, 9.17) is 5.73 Å². The summed E-state index contributed by atoms with van der Waals surface area (Å²) in [6.07, 6.45) is 10.4. The van der Waals surface area contributed by atoms with Gasteiger partial charge in [-0.05, 0) is 43.6 Å². The van der Waals surface area contributed by atoms with Crippen molar-refractivity contribution >= 4 is 28.6 Å². The molecular weight excluding hydrogens is 408 g/mol. The molecule has 9 heteroatoms. The van der Waals surface area contributed by atoms with E-state index in [9.17, 15) is 14.4 Å². The molecule has 5 atom stereocenters. The van der Waals surface area contributed by atoms with Gasteiger partial charge in [0.15, 0.2) is 5.69 Å². The first-order chi connectivity index (χ1) is 15.5. The van der Waals surface area contributed by atoms with Gasteiger partial charge in [-0.3, -0.25) is 24.0 Å². The first-order valence-corrected chi connectivity index (χ1v) is 11.7. The number of carbonyl (C=O) groups is 3. The van der Waals surface area contributed by atoms with Gasteiger partial charge in [0.2, 0.25) is 11.8 Å². The molecule has 170 valence electrons. The van der Waals surface area contributed by atoms with E-state index in [2.05, 4.69) is 22.3 Å². The van der Waals surface area contributed by atoms with E-state index in [1.807, 2.05) is 0 Å². The highest BCUT2D eigenvalue weighted by atomic mass is 16.2. The Morgan fingerprint density at radius 1 is 1.22 bits per heavy atom. The minimum absolute atomic E-state index is 0.0304. The Kier molecular flexibility index (Phi) is 5.35. The van der Waals surface area contributed by atoms with Gasteiger partial charge in [0.1, 0.15) is 12.6 Å². The predicted octanol–water partition coefficient (Wildman–Crippen LogP) is 1.60. The number of nitrogens with two attached hydrogens (primary N) is 1. The third-order valence-electron chi connectivity index (χ3n) is 7.47. The van der Waals surface area contributed by atoms with Crippen LogP contribution in [0.3, 0.4) is 0 Å². The number of carbonyl (C=O) groups excluding carboxylic acids is 3. The number of hydrogen-bond donors (Lipinski definition) is 2. The molecule has 0 spiro atoms. The van der Waals surface area contributed by atoms with Gasteiger partial charge in [-0.2, -0.15) is 5.10 Å².